The van der Waals surface area contributed by atoms with Crippen molar-refractivity contribution in [2.45, 2.75) is 112 Å². The molecule has 186 valence electrons. The van der Waals surface area contributed by atoms with Crippen LogP contribution in [0.2, 0.25) is 0 Å². The van der Waals surface area contributed by atoms with E-state index in [1.165, 1.54) is 0 Å². The van der Waals surface area contributed by atoms with Gasteiger partial charge in [0.2, 0.25) is 0 Å². The molecule has 0 aromatic carbocycles. The Hall–Kier alpha value is -0.440. The van der Waals surface area contributed by atoms with E-state index in [0.717, 1.165) is 0 Å². The molecule has 0 aromatic heterocycles. The molecule has 2 aliphatic carbocycles. The van der Waals surface area contributed by atoms with Crippen molar-refractivity contribution in [3.63, 3.8) is 0 Å². The van der Waals surface area contributed by atoms with Crippen LogP contribution in [0.4, 0.5) is 0 Å². The Morgan fingerprint density at radius 3 is 2.22 bits per heavy atom. The maximum absolute atomic E-state index is 10.5. The summed E-state index contributed by atoms with van der Waals surface area (Å²) in [7, 11) is 0. The Labute approximate surface area is 186 Å². The zero-order valence-corrected chi connectivity index (χ0v) is 17.9. The summed E-state index contributed by atoms with van der Waals surface area (Å²) in [6, 6.07) is 0. The summed E-state index contributed by atoms with van der Waals surface area (Å²) in [5.74, 6) is -0.385. The minimum atomic E-state index is -1.57. The number of ether oxygens (including phenoxy) is 3. The van der Waals surface area contributed by atoms with Crippen molar-refractivity contribution < 1.29 is 55.1 Å². The van der Waals surface area contributed by atoms with Crippen molar-refractivity contribution in [2.24, 2.45) is 11.8 Å². The molecule has 4 fully saturated rings. The number of aliphatic hydroxyl groups is 10. The first-order valence-electron chi connectivity index (χ1n) is 11.6. The summed E-state index contributed by atoms with van der Waals surface area (Å²) in [6.07, 6.45) is -9.17. The molecule has 0 aromatic rings. The molecule has 0 amide bonds. The second kappa shape index (κ2) is 10.0. The summed E-state index contributed by atoms with van der Waals surface area (Å²) in [5.41, 5.74) is 0. The molecule has 32 heavy (non-hydrogen) atoms. The van der Waals surface area contributed by atoms with Gasteiger partial charge in [0, 0.05) is 18.8 Å². The van der Waals surface area contributed by atoms with Crippen LogP contribution >= 0.6 is 0 Å². The van der Waals surface area contributed by atoms with Crippen LogP contribution in [0.3, 0.4) is 0 Å². The van der Waals surface area contributed by atoms with Gasteiger partial charge < -0.3 is 55.1 Å². The molecule has 2 saturated heterocycles. The SMILES string of the molecule is OC[C@@H]1O[C@H](OC2CC3C(O)CC(O)CC3[OH+]C2C2CCC(O)C(O)C2)[C@@H](O)[C@@H](O)[C@H]1O. The third-order valence-corrected chi connectivity index (χ3v) is 7.73. The molecule has 2 saturated carbocycles. The van der Waals surface area contributed by atoms with E-state index in [1.54, 1.807) is 0 Å². The van der Waals surface area contributed by atoms with Gasteiger partial charge in [-0.3, -0.25) is 0 Å². The summed E-state index contributed by atoms with van der Waals surface area (Å²) >= 11 is 0. The first-order chi connectivity index (χ1) is 15.2. The number of rotatable bonds is 4. The van der Waals surface area contributed by atoms with Gasteiger partial charge in [-0.25, -0.2) is 0 Å². The number of fused-ring (bicyclic) bond motifs is 1. The van der Waals surface area contributed by atoms with Gasteiger partial charge in [-0.1, -0.05) is 0 Å². The van der Waals surface area contributed by atoms with Crippen LogP contribution in [0.15, 0.2) is 0 Å². The van der Waals surface area contributed by atoms with Gasteiger partial charge in [0.05, 0.1) is 36.9 Å². The summed E-state index contributed by atoms with van der Waals surface area (Å²) in [4.78, 5) is 0. The molecule has 9 N–H and O–H groups in total. The largest absolute Gasteiger partial charge is 0.427 e. The molecule has 4 aliphatic rings. The second-order valence-corrected chi connectivity index (χ2v) is 9.88. The van der Waals surface area contributed by atoms with Crippen molar-refractivity contribution in [3.8, 4) is 0 Å². The highest BCUT2D eigenvalue weighted by Crippen LogP contribution is 2.42. The molecule has 11 heteroatoms. The lowest BCUT2D eigenvalue weighted by Gasteiger charge is -2.48. The predicted molar refractivity (Wildman–Crippen MR) is 107 cm³/mol. The maximum atomic E-state index is 10.5. The Morgan fingerprint density at radius 2 is 1.53 bits per heavy atom. The molecule has 14 atom stereocenters. The van der Waals surface area contributed by atoms with E-state index in [9.17, 15) is 40.9 Å². The monoisotopic (exact) mass is 465 g/mol. The van der Waals surface area contributed by atoms with E-state index in [-0.39, 0.29) is 24.4 Å². The third kappa shape index (κ3) is 4.84. The molecule has 0 bridgehead atoms. The smallest absolute Gasteiger partial charge is 0.187 e. The van der Waals surface area contributed by atoms with E-state index in [4.69, 9.17) is 14.2 Å². The normalized spacial score (nSPS) is 54.8. The van der Waals surface area contributed by atoms with E-state index in [2.05, 4.69) is 0 Å². The molecule has 4 rings (SSSR count). The maximum Gasteiger partial charge on any atom is 0.187 e. The highest BCUT2D eigenvalue weighted by Gasteiger charge is 2.54. The average Bonchev–Trinajstić information content (AvgIpc) is 2.76. The minimum Gasteiger partial charge on any atom is -0.427 e. The minimum absolute atomic E-state index is 0.125. The van der Waals surface area contributed by atoms with Gasteiger partial charge in [0.1, 0.15) is 30.5 Å². The fourth-order valence-corrected chi connectivity index (χ4v) is 5.86. The van der Waals surface area contributed by atoms with Crippen LogP contribution in [0, 0.1) is 11.8 Å². The van der Waals surface area contributed by atoms with Crippen LogP contribution in [0.1, 0.15) is 38.5 Å². The van der Waals surface area contributed by atoms with E-state index in [0.29, 0.717) is 32.1 Å². The van der Waals surface area contributed by atoms with Crippen LogP contribution in [-0.4, -0.2) is 126 Å². The highest BCUT2D eigenvalue weighted by atomic mass is 16.7. The van der Waals surface area contributed by atoms with Gasteiger partial charge in [-0.05, 0) is 25.7 Å². The summed E-state index contributed by atoms with van der Waals surface area (Å²) in [5, 5.41) is 80.8. The van der Waals surface area contributed by atoms with Crippen molar-refractivity contribution in [1.29, 1.82) is 0 Å². The van der Waals surface area contributed by atoms with Crippen LogP contribution in [0.25, 0.3) is 0 Å². The number of aliphatic hydroxyl groups excluding tert-OH is 8. The first-order valence-corrected chi connectivity index (χ1v) is 11.6. The summed E-state index contributed by atoms with van der Waals surface area (Å²) in [6.45, 7) is -0.572. The zero-order chi connectivity index (χ0) is 23.2. The number of hydrogen-bond acceptors (Lipinski definition) is 10. The molecule has 2 heterocycles. The lowest BCUT2D eigenvalue weighted by Crippen LogP contribution is -2.63. The second-order valence-electron chi connectivity index (χ2n) is 9.88. The molecule has 0 radical (unpaired) electrons. The predicted octanol–water partition coefficient (Wildman–Crippen LogP) is -3.51. The average molecular weight is 466 g/mol. The quantitative estimate of drug-likeness (QED) is 0.193. The van der Waals surface area contributed by atoms with E-state index >= 15 is 0 Å². The Balaban J connectivity index is 1.54. The Kier molecular flexibility index (Phi) is 7.75. The molecule has 2 aliphatic heterocycles. The Bertz CT molecular complexity index is 621. The summed E-state index contributed by atoms with van der Waals surface area (Å²) < 4.78 is 16.5. The molecule has 11 nitrogen and oxygen atoms in total. The van der Waals surface area contributed by atoms with E-state index in [1.807, 2.05) is 0 Å². The van der Waals surface area contributed by atoms with Crippen molar-refractivity contribution in [1.82, 2.24) is 0 Å². The van der Waals surface area contributed by atoms with E-state index < -0.39 is 73.9 Å². The molecular weight excluding hydrogens is 428 g/mol. The fraction of sp³-hybridized carbons (Fsp3) is 1.00. The zero-order valence-electron chi connectivity index (χ0n) is 17.9. The van der Waals surface area contributed by atoms with Gasteiger partial charge in [0.25, 0.3) is 0 Å². The lowest BCUT2D eigenvalue weighted by atomic mass is 9.72. The van der Waals surface area contributed by atoms with Gasteiger partial charge in [-0.15, -0.1) is 0 Å². The molecular formula is C21H37O11+. The lowest BCUT2D eigenvalue weighted by molar-refractivity contribution is -0.356. The van der Waals surface area contributed by atoms with Crippen LogP contribution < -0.4 is 0 Å². The molecule has 9 unspecified atom stereocenters. The van der Waals surface area contributed by atoms with Crippen LogP contribution in [-0.2, 0) is 9.47 Å². The topological polar surface area (TPSA) is 193 Å². The highest BCUT2D eigenvalue weighted by molar-refractivity contribution is 4.98. The first kappa shape index (κ1) is 24.7. The van der Waals surface area contributed by atoms with Crippen LogP contribution in [0.5, 0.6) is 0 Å². The van der Waals surface area contributed by atoms with Gasteiger partial charge >= 0.3 is 0 Å². The van der Waals surface area contributed by atoms with Crippen molar-refractivity contribution in [2.75, 3.05) is 6.61 Å². The Morgan fingerprint density at radius 1 is 0.781 bits per heavy atom. The molecule has 0 spiro atoms. The standard InChI is InChI=1S/C21H36O11/c22-7-16-17(27)18(28)19(29)21(32-16)31-15-6-10-12(25)4-9(23)5-14(10)30-20(15)8-1-2-11(24)13(26)3-8/h8-29H,1-7H2/p+1/t8?,9?,10?,11?,12?,13?,14?,15?,16-,17-,18-,19-,20?,21-/m0/s1. The number of hydrogen-bond donors (Lipinski definition) is 8. The van der Waals surface area contributed by atoms with Gasteiger partial charge in [0.15, 0.2) is 18.5 Å². The van der Waals surface area contributed by atoms with Crippen molar-refractivity contribution >= 4 is 0 Å². The van der Waals surface area contributed by atoms with Crippen molar-refractivity contribution in [3.05, 3.63) is 0 Å². The fourth-order valence-electron chi connectivity index (χ4n) is 5.86. The third-order valence-electron chi connectivity index (χ3n) is 7.73. The van der Waals surface area contributed by atoms with Gasteiger partial charge in [-0.2, -0.15) is 0 Å².